The summed E-state index contributed by atoms with van der Waals surface area (Å²) < 4.78 is 10.8. The third-order valence-electron chi connectivity index (χ3n) is 4.66. The molecule has 146 valence electrons. The highest BCUT2D eigenvalue weighted by Gasteiger charge is 2.16. The summed E-state index contributed by atoms with van der Waals surface area (Å²) in [4.78, 5) is 7.23. The van der Waals surface area contributed by atoms with Crippen LogP contribution in [0.4, 0.5) is 0 Å². The molecule has 6 nitrogen and oxygen atoms in total. The molecule has 1 fully saturated rings. The van der Waals surface area contributed by atoms with Crippen LogP contribution < -0.4 is 20.1 Å². The molecule has 2 aliphatic rings. The van der Waals surface area contributed by atoms with E-state index in [4.69, 9.17) is 9.47 Å². The van der Waals surface area contributed by atoms with Gasteiger partial charge in [-0.3, -0.25) is 0 Å². The van der Waals surface area contributed by atoms with Crippen molar-refractivity contribution in [2.75, 3.05) is 39.5 Å². The topological polar surface area (TPSA) is 58.1 Å². The number of ether oxygens (including phenoxy) is 2. The first kappa shape index (κ1) is 21.1. The summed E-state index contributed by atoms with van der Waals surface area (Å²) in [7, 11) is 0. The van der Waals surface area contributed by atoms with Crippen molar-refractivity contribution in [3.63, 3.8) is 0 Å². The van der Waals surface area contributed by atoms with Gasteiger partial charge in [-0.05, 0) is 49.9 Å². The van der Waals surface area contributed by atoms with Gasteiger partial charge in [0, 0.05) is 26.2 Å². The summed E-state index contributed by atoms with van der Waals surface area (Å²) in [6, 6.07) is 5.99. The van der Waals surface area contributed by atoms with Crippen LogP contribution >= 0.6 is 24.0 Å². The lowest BCUT2D eigenvalue weighted by atomic mass is 10.0. The zero-order chi connectivity index (χ0) is 17.5. The Balaban J connectivity index is 0.00000243. The van der Waals surface area contributed by atoms with Crippen molar-refractivity contribution in [1.29, 1.82) is 0 Å². The van der Waals surface area contributed by atoms with Crippen LogP contribution in [0.5, 0.6) is 11.5 Å². The van der Waals surface area contributed by atoms with Crippen molar-refractivity contribution in [2.24, 2.45) is 10.9 Å². The Hall–Kier alpha value is -1.22. The van der Waals surface area contributed by atoms with Crippen LogP contribution in [-0.4, -0.2) is 50.4 Å². The second-order valence-electron chi connectivity index (χ2n) is 6.86. The summed E-state index contributed by atoms with van der Waals surface area (Å²) in [6.07, 6.45) is 2.68. The number of rotatable bonds is 6. The number of hydrogen-bond acceptors (Lipinski definition) is 4. The standard InChI is InChI=1S/C19H30N4O2.HI/c1-3-20-19(21-8-10-23-9-4-5-15(2)13-23)22-12-16-6-7-17-18(11-16)25-14-24-17;/h6-7,11,15H,3-5,8-10,12-14H2,1-2H3,(H2,20,21,22);1H. The highest BCUT2D eigenvalue weighted by atomic mass is 127. The molecule has 2 N–H and O–H groups in total. The molecule has 0 bridgehead atoms. The molecule has 0 spiro atoms. The van der Waals surface area contributed by atoms with E-state index >= 15 is 0 Å². The van der Waals surface area contributed by atoms with Crippen molar-refractivity contribution in [1.82, 2.24) is 15.5 Å². The van der Waals surface area contributed by atoms with Crippen LogP contribution in [0.2, 0.25) is 0 Å². The van der Waals surface area contributed by atoms with Crippen molar-refractivity contribution < 1.29 is 9.47 Å². The SMILES string of the molecule is CCNC(=NCc1ccc2c(c1)OCO2)NCCN1CCCC(C)C1.I. The monoisotopic (exact) mass is 474 g/mol. The number of fused-ring (bicyclic) bond motifs is 1. The van der Waals surface area contributed by atoms with Crippen molar-refractivity contribution in [2.45, 2.75) is 33.2 Å². The van der Waals surface area contributed by atoms with Gasteiger partial charge >= 0.3 is 0 Å². The summed E-state index contributed by atoms with van der Waals surface area (Å²) >= 11 is 0. The first-order chi connectivity index (χ1) is 12.2. The van der Waals surface area contributed by atoms with Gasteiger partial charge in [0.2, 0.25) is 6.79 Å². The van der Waals surface area contributed by atoms with Gasteiger partial charge < -0.3 is 25.0 Å². The van der Waals surface area contributed by atoms with E-state index in [1.807, 2.05) is 18.2 Å². The second kappa shape index (κ2) is 10.8. The Labute approximate surface area is 173 Å². The largest absolute Gasteiger partial charge is 0.454 e. The Morgan fingerprint density at radius 2 is 2.12 bits per heavy atom. The van der Waals surface area contributed by atoms with Crippen LogP contribution in [0.3, 0.4) is 0 Å². The zero-order valence-corrected chi connectivity index (χ0v) is 18.1. The number of benzene rings is 1. The zero-order valence-electron chi connectivity index (χ0n) is 15.8. The number of aliphatic imine (C=N–C) groups is 1. The lowest BCUT2D eigenvalue weighted by Crippen LogP contribution is -2.43. The number of nitrogens with one attached hydrogen (secondary N) is 2. The minimum absolute atomic E-state index is 0. The molecule has 1 unspecified atom stereocenters. The Morgan fingerprint density at radius 3 is 2.92 bits per heavy atom. The van der Waals surface area contributed by atoms with Gasteiger partial charge in [-0.15, -0.1) is 24.0 Å². The maximum Gasteiger partial charge on any atom is 0.231 e. The molecule has 0 amide bonds. The fourth-order valence-corrected chi connectivity index (χ4v) is 3.37. The number of guanidine groups is 1. The summed E-state index contributed by atoms with van der Waals surface area (Å²) in [6.45, 7) is 10.6. The summed E-state index contributed by atoms with van der Waals surface area (Å²) in [5, 5.41) is 6.76. The fraction of sp³-hybridized carbons (Fsp3) is 0.632. The Morgan fingerprint density at radius 1 is 1.27 bits per heavy atom. The molecular weight excluding hydrogens is 443 g/mol. The van der Waals surface area contributed by atoms with Crippen molar-refractivity contribution in [3.05, 3.63) is 23.8 Å². The molecule has 2 heterocycles. The molecular formula is C19H31IN4O2. The van der Waals surface area contributed by atoms with E-state index in [2.05, 4.69) is 34.4 Å². The van der Waals surface area contributed by atoms with E-state index in [0.29, 0.717) is 13.3 Å². The van der Waals surface area contributed by atoms with Gasteiger partial charge in [0.25, 0.3) is 0 Å². The lowest BCUT2D eigenvalue weighted by Gasteiger charge is -2.30. The van der Waals surface area contributed by atoms with Crippen LogP contribution in [0.1, 0.15) is 32.3 Å². The maximum atomic E-state index is 5.43. The van der Waals surface area contributed by atoms with E-state index in [1.165, 1.54) is 25.9 Å². The third-order valence-corrected chi connectivity index (χ3v) is 4.66. The molecule has 0 saturated carbocycles. The van der Waals surface area contributed by atoms with Gasteiger partial charge in [-0.1, -0.05) is 13.0 Å². The van der Waals surface area contributed by atoms with Crippen LogP contribution in [0.15, 0.2) is 23.2 Å². The van der Waals surface area contributed by atoms with Gasteiger partial charge in [0.1, 0.15) is 0 Å². The molecule has 2 aliphatic heterocycles. The molecule has 0 aromatic heterocycles. The average molecular weight is 474 g/mol. The number of hydrogen-bond donors (Lipinski definition) is 2. The minimum atomic E-state index is 0. The predicted molar refractivity (Wildman–Crippen MR) is 116 cm³/mol. The first-order valence-electron chi connectivity index (χ1n) is 9.37. The molecule has 1 aromatic rings. The van der Waals surface area contributed by atoms with Crippen LogP contribution in [0, 0.1) is 5.92 Å². The van der Waals surface area contributed by atoms with E-state index in [9.17, 15) is 0 Å². The molecule has 3 rings (SSSR count). The van der Waals surface area contributed by atoms with Gasteiger partial charge in [0.05, 0.1) is 6.54 Å². The van der Waals surface area contributed by atoms with Crippen molar-refractivity contribution in [3.8, 4) is 11.5 Å². The first-order valence-corrected chi connectivity index (χ1v) is 9.37. The highest BCUT2D eigenvalue weighted by Crippen LogP contribution is 2.32. The van der Waals surface area contributed by atoms with Gasteiger partial charge in [-0.2, -0.15) is 0 Å². The van der Waals surface area contributed by atoms with Crippen LogP contribution in [-0.2, 0) is 6.54 Å². The smallest absolute Gasteiger partial charge is 0.231 e. The third kappa shape index (κ3) is 6.19. The molecule has 0 aliphatic carbocycles. The molecule has 1 aromatic carbocycles. The van der Waals surface area contributed by atoms with E-state index in [-0.39, 0.29) is 24.0 Å². The Bertz CT molecular complexity index is 597. The molecule has 1 saturated heterocycles. The highest BCUT2D eigenvalue weighted by molar-refractivity contribution is 14.0. The lowest BCUT2D eigenvalue weighted by molar-refractivity contribution is 0.174. The summed E-state index contributed by atoms with van der Waals surface area (Å²) in [5.41, 5.74) is 1.12. The number of halogens is 1. The predicted octanol–water partition coefficient (Wildman–Crippen LogP) is 2.82. The normalized spacial score (nSPS) is 19.8. The summed E-state index contributed by atoms with van der Waals surface area (Å²) in [5.74, 6) is 3.31. The molecule has 1 atom stereocenters. The minimum Gasteiger partial charge on any atom is -0.454 e. The quantitative estimate of drug-likeness (QED) is 0.378. The van der Waals surface area contributed by atoms with E-state index in [1.54, 1.807) is 0 Å². The molecule has 0 radical (unpaired) electrons. The molecule has 7 heteroatoms. The fourth-order valence-electron chi connectivity index (χ4n) is 3.37. The van der Waals surface area contributed by atoms with Gasteiger partial charge in [-0.25, -0.2) is 4.99 Å². The van der Waals surface area contributed by atoms with Crippen molar-refractivity contribution >= 4 is 29.9 Å². The van der Waals surface area contributed by atoms with Crippen LogP contribution in [0.25, 0.3) is 0 Å². The van der Waals surface area contributed by atoms with E-state index < -0.39 is 0 Å². The average Bonchev–Trinajstić information content (AvgIpc) is 3.07. The van der Waals surface area contributed by atoms with E-state index in [0.717, 1.165) is 48.6 Å². The second-order valence-corrected chi connectivity index (χ2v) is 6.86. The molecule has 26 heavy (non-hydrogen) atoms. The number of nitrogens with zero attached hydrogens (tertiary/aromatic N) is 2. The maximum absolute atomic E-state index is 5.43. The Kier molecular flexibility index (Phi) is 8.77. The number of likely N-dealkylation sites (tertiary alicyclic amines) is 1. The van der Waals surface area contributed by atoms with Gasteiger partial charge in [0.15, 0.2) is 17.5 Å². The number of piperidine rings is 1.